The van der Waals surface area contributed by atoms with Crippen LogP contribution in [0, 0.1) is 0 Å². The number of aromatic amines is 2. The fourth-order valence-corrected chi connectivity index (χ4v) is 5.98. The van der Waals surface area contributed by atoms with Gasteiger partial charge in [0.2, 0.25) is 0 Å². The normalized spacial score (nSPS) is 13.8. The third kappa shape index (κ3) is 4.62. The van der Waals surface area contributed by atoms with Crippen LogP contribution in [0.3, 0.4) is 0 Å². The highest BCUT2D eigenvalue weighted by Crippen LogP contribution is 2.35. The number of carbonyl (C=O) groups excluding carboxylic acids is 1. The van der Waals surface area contributed by atoms with Crippen molar-refractivity contribution in [3.63, 3.8) is 0 Å². The van der Waals surface area contributed by atoms with Crippen molar-refractivity contribution in [1.82, 2.24) is 40.0 Å². The highest BCUT2D eigenvalue weighted by molar-refractivity contribution is 7.17. The molecular formula is C29H28N8OS. The van der Waals surface area contributed by atoms with E-state index in [9.17, 15) is 4.79 Å². The molecule has 1 aliphatic heterocycles. The maximum absolute atomic E-state index is 11.8. The van der Waals surface area contributed by atoms with Crippen molar-refractivity contribution >= 4 is 39.2 Å². The molecule has 0 bridgehead atoms. The molecule has 10 heteroatoms. The molecule has 196 valence electrons. The molecule has 0 unspecified atom stereocenters. The first-order chi connectivity index (χ1) is 18.6. The predicted molar refractivity (Wildman–Crippen MR) is 155 cm³/mol. The van der Waals surface area contributed by atoms with Crippen LogP contribution in [0.4, 0.5) is 0 Å². The fraction of sp³-hybridized carbons (Fsp3) is 0.241. The van der Waals surface area contributed by atoms with E-state index in [2.05, 4.69) is 47.2 Å². The van der Waals surface area contributed by atoms with Gasteiger partial charge in [-0.3, -0.25) is 24.8 Å². The standard InChI is InChI=1S/C28H24N8OS.CH4/c1-16(37)23-4-5-24(38-23)21-13-30-14-22-25(21)33-28(32-22)26-20-9-19(12-31-27(20)35-34-26)18-8-17(10-29-11-18)15-36-6-2-3-7-36;/h4-5,8-14H,2-3,6-7,15H2,1H3,(H,32,33)(H,31,34,35);1H4. The number of carbonyl (C=O) groups is 1. The third-order valence-corrected chi connectivity index (χ3v) is 8.21. The number of likely N-dealkylation sites (tertiary alicyclic amines) is 1. The first-order valence-electron chi connectivity index (χ1n) is 12.6. The number of fused-ring (bicyclic) bond motifs is 2. The zero-order valence-electron chi connectivity index (χ0n) is 20.7. The van der Waals surface area contributed by atoms with E-state index in [1.807, 2.05) is 30.7 Å². The van der Waals surface area contributed by atoms with Crippen LogP contribution in [-0.4, -0.2) is 58.9 Å². The maximum atomic E-state index is 11.8. The van der Waals surface area contributed by atoms with E-state index in [1.165, 1.54) is 29.7 Å². The molecule has 7 heterocycles. The lowest BCUT2D eigenvalue weighted by atomic mass is 10.1. The second-order valence-corrected chi connectivity index (χ2v) is 10.7. The molecule has 39 heavy (non-hydrogen) atoms. The van der Waals surface area contributed by atoms with Gasteiger partial charge in [0.15, 0.2) is 17.3 Å². The fourth-order valence-electron chi connectivity index (χ4n) is 5.07. The third-order valence-electron chi connectivity index (χ3n) is 6.99. The average Bonchev–Trinajstić information content (AvgIpc) is 3.74. The molecule has 7 rings (SSSR count). The smallest absolute Gasteiger partial charge is 0.181 e. The number of hydrogen-bond acceptors (Lipinski definition) is 8. The Morgan fingerprint density at radius 3 is 2.67 bits per heavy atom. The number of rotatable bonds is 6. The summed E-state index contributed by atoms with van der Waals surface area (Å²) in [6.45, 7) is 4.79. The molecule has 2 N–H and O–H groups in total. The Kier molecular flexibility index (Phi) is 6.49. The van der Waals surface area contributed by atoms with Gasteiger partial charge in [-0.05, 0) is 62.7 Å². The van der Waals surface area contributed by atoms with Crippen molar-refractivity contribution in [2.75, 3.05) is 13.1 Å². The van der Waals surface area contributed by atoms with Crippen molar-refractivity contribution in [2.24, 2.45) is 0 Å². The van der Waals surface area contributed by atoms with Gasteiger partial charge in [-0.25, -0.2) is 9.97 Å². The zero-order valence-corrected chi connectivity index (χ0v) is 21.5. The number of pyridine rings is 3. The highest BCUT2D eigenvalue weighted by Gasteiger charge is 2.18. The van der Waals surface area contributed by atoms with Crippen LogP contribution in [0.15, 0.2) is 55.2 Å². The minimum atomic E-state index is 0. The maximum Gasteiger partial charge on any atom is 0.181 e. The van der Waals surface area contributed by atoms with Gasteiger partial charge in [0.05, 0.1) is 22.0 Å². The van der Waals surface area contributed by atoms with E-state index in [0.29, 0.717) is 16.3 Å². The zero-order chi connectivity index (χ0) is 25.6. The molecule has 0 spiro atoms. The first kappa shape index (κ1) is 25.0. The summed E-state index contributed by atoms with van der Waals surface area (Å²) in [4.78, 5) is 37.8. The average molecular weight is 537 g/mol. The van der Waals surface area contributed by atoms with Gasteiger partial charge in [-0.2, -0.15) is 5.10 Å². The number of hydrogen-bond donors (Lipinski definition) is 2. The second-order valence-electron chi connectivity index (χ2n) is 9.65. The number of nitrogens with one attached hydrogen (secondary N) is 2. The van der Waals surface area contributed by atoms with E-state index < -0.39 is 0 Å². The summed E-state index contributed by atoms with van der Waals surface area (Å²) >= 11 is 1.45. The summed E-state index contributed by atoms with van der Waals surface area (Å²) in [6, 6.07) is 8.07. The van der Waals surface area contributed by atoms with Gasteiger partial charge >= 0.3 is 0 Å². The summed E-state index contributed by atoms with van der Waals surface area (Å²) in [6.07, 6.45) is 11.7. The van der Waals surface area contributed by atoms with Gasteiger partial charge < -0.3 is 4.98 Å². The molecule has 0 saturated carbocycles. The first-order valence-corrected chi connectivity index (χ1v) is 13.4. The number of ketones is 1. The quantitative estimate of drug-likeness (QED) is 0.246. The van der Waals surface area contributed by atoms with Crippen molar-refractivity contribution in [3.8, 4) is 33.1 Å². The molecule has 6 aromatic heterocycles. The van der Waals surface area contributed by atoms with Crippen molar-refractivity contribution in [2.45, 2.75) is 33.7 Å². The molecule has 0 aromatic carbocycles. The van der Waals surface area contributed by atoms with Gasteiger partial charge in [0.1, 0.15) is 11.2 Å². The molecule has 0 aliphatic carbocycles. The molecule has 6 aromatic rings. The van der Waals surface area contributed by atoms with Gasteiger partial charge in [-0.15, -0.1) is 11.3 Å². The monoisotopic (exact) mass is 536 g/mol. The number of nitrogens with zero attached hydrogens (tertiary/aromatic N) is 6. The molecule has 1 saturated heterocycles. The number of thiophene rings is 1. The van der Waals surface area contributed by atoms with E-state index >= 15 is 0 Å². The molecule has 0 atom stereocenters. The number of aromatic nitrogens is 7. The van der Waals surface area contributed by atoms with Crippen molar-refractivity contribution in [3.05, 3.63) is 65.7 Å². The van der Waals surface area contributed by atoms with Crippen LogP contribution in [0.2, 0.25) is 0 Å². The summed E-state index contributed by atoms with van der Waals surface area (Å²) in [5.74, 6) is 0.702. The lowest BCUT2D eigenvalue weighted by molar-refractivity contribution is 0.102. The largest absolute Gasteiger partial charge is 0.335 e. The Morgan fingerprint density at radius 2 is 1.85 bits per heavy atom. The van der Waals surface area contributed by atoms with E-state index in [-0.39, 0.29) is 13.2 Å². The number of Topliss-reactive ketones (excluding diaryl/α,β-unsaturated/α-hetero) is 1. The lowest BCUT2D eigenvalue weighted by Crippen LogP contribution is -2.18. The van der Waals surface area contributed by atoms with Crippen LogP contribution in [0.5, 0.6) is 0 Å². The summed E-state index contributed by atoms with van der Waals surface area (Å²) in [5, 5.41) is 8.41. The Balaban J connectivity index is 0.00000277. The van der Waals surface area contributed by atoms with Gasteiger partial charge in [0.25, 0.3) is 0 Å². The molecule has 0 amide bonds. The molecule has 9 nitrogen and oxygen atoms in total. The van der Waals surface area contributed by atoms with E-state index in [4.69, 9.17) is 4.98 Å². The van der Waals surface area contributed by atoms with Crippen LogP contribution < -0.4 is 0 Å². The summed E-state index contributed by atoms with van der Waals surface area (Å²) in [7, 11) is 0. The minimum absolute atomic E-state index is 0. The lowest BCUT2D eigenvalue weighted by Gasteiger charge is -2.14. The van der Waals surface area contributed by atoms with Crippen LogP contribution in [0.1, 0.15) is 42.4 Å². The van der Waals surface area contributed by atoms with Crippen LogP contribution in [0.25, 0.3) is 55.2 Å². The van der Waals surface area contributed by atoms with Crippen LogP contribution >= 0.6 is 11.3 Å². The van der Waals surface area contributed by atoms with E-state index in [0.717, 1.165) is 63.3 Å². The second kappa shape index (κ2) is 10.1. The van der Waals surface area contributed by atoms with Crippen LogP contribution in [-0.2, 0) is 6.54 Å². The van der Waals surface area contributed by atoms with Gasteiger partial charge in [-0.1, -0.05) is 7.43 Å². The summed E-state index contributed by atoms with van der Waals surface area (Å²) < 4.78 is 0. The molecule has 1 fully saturated rings. The Labute approximate surface area is 229 Å². The minimum Gasteiger partial charge on any atom is -0.335 e. The van der Waals surface area contributed by atoms with Crippen molar-refractivity contribution in [1.29, 1.82) is 0 Å². The predicted octanol–water partition coefficient (Wildman–Crippen LogP) is 6.12. The highest BCUT2D eigenvalue weighted by atomic mass is 32.1. The van der Waals surface area contributed by atoms with Crippen molar-refractivity contribution < 1.29 is 4.79 Å². The van der Waals surface area contributed by atoms with E-state index in [1.54, 1.807) is 19.3 Å². The van der Waals surface area contributed by atoms with Gasteiger partial charge in [0, 0.05) is 52.9 Å². The molecule has 1 aliphatic rings. The summed E-state index contributed by atoms with van der Waals surface area (Å²) in [5.41, 5.74) is 7.06. The topological polar surface area (TPSA) is 116 Å². The Morgan fingerprint density at radius 1 is 1.03 bits per heavy atom. The molecule has 0 radical (unpaired) electrons. The SMILES string of the molecule is C.CC(=O)c1ccc(-c2cncc3[nH]c(-c4[nH]nc5ncc(-c6cncc(CN7CCCC7)c6)cc45)nc23)s1. The molecular weight excluding hydrogens is 508 g/mol. The number of imidazole rings is 1. The Hall–Kier alpha value is -4.28. The number of H-pyrrole nitrogens is 2. The Bertz CT molecular complexity index is 1810.